The zero-order valence-corrected chi connectivity index (χ0v) is 12.6. The Morgan fingerprint density at radius 3 is 2.41 bits per heavy atom. The second-order valence-electron chi connectivity index (χ2n) is 4.56. The van der Waals surface area contributed by atoms with Crippen molar-refractivity contribution in [2.24, 2.45) is 0 Å². The highest BCUT2D eigenvalue weighted by Gasteiger charge is 2.05. The van der Waals surface area contributed by atoms with Crippen LogP contribution in [0.5, 0.6) is 0 Å². The zero-order valence-electron chi connectivity index (χ0n) is 11.0. The van der Waals surface area contributed by atoms with E-state index in [1.807, 2.05) is 0 Å². The van der Waals surface area contributed by atoms with E-state index in [2.05, 4.69) is 59.4 Å². The van der Waals surface area contributed by atoms with Gasteiger partial charge in [-0.3, -0.25) is 0 Å². The van der Waals surface area contributed by atoms with Gasteiger partial charge >= 0.3 is 0 Å². The third-order valence-corrected chi connectivity index (χ3v) is 3.59. The molecule has 1 unspecified atom stereocenters. The summed E-state index contributed by atoms with van der Waals surface area (Å²) >= 11 is 3.47. The van der Waals surface area contributed by atoms with Crippen LogP contribution in [-0.2, 0) is 6.42 Å². The normalized spacial score (nSPS) is 12.6. The van der Waals surface area contributed by atoms with Crippen molar-refractivity contribution in [1.29, 1.82) is 0 Å². The minimum atomic E-state index is 0.709. The fraction of sp³-hybridized carbons (Fsp3) is 0.600. The first-order valence-corrected chi connectivity index (χ1v) is 7.53. The predicted octanol–water partition coefficient (Wildman–Crippen LogP) is 4.55. The summed E-state index contributed by atoms with van der Waals surface area (Å²) in [4.78, 5) is 0. The van der Waals surface area contributed by atoms with Crippen LogP contribution >= 0.6 is 15.9 Å². The van der Waals surface area contributed by atoms with Gasteiger partial charge in [-0.25, -0.2) is 0 Å². The molecule has 1 aromatic rings. The second kappa shape index (κ2) is 8.71. The summed E-state index contributed by atoms with van der Waals surface area (Å²) in [5.41, 5.74) is 1.44. The average molecular weight is 298 g/mol. The Morgan fingerprint density at radius 2 is 1.82 bits per heavy atom. The van der Waals surface area contributed by atoms with Crippen molar-refractivity contribution in [3.63, 3.8) is 0 Å². The lowest BCUT2D eigenvalue weighted by Crippen LogP contribution is -2.28. The highest BCUT2D eigenvalue weighted by atomic mass is 79.9. The first kappa shape index (κ1) is 14.7. The van der Waals surface area contributed by atoms with Crippen LogP contribution in [0.4, 0.5) is 0 Å². The van der Waals surface area contributed by atoms with E-state index in [4.69, 9.17) is 0 Å². The number of nitrogens with one attached hydrogen (secondary N) is 1. The summed E-state index contributed by atoms with van der Waals surface area (Å²) in [7, 11) is 0. The topological polar surface area (TPSA) is 12.0 Å². The van der Waals surface area contributed by atoms with Gasteiger partial charge in [0.05, 0.1) is 0 Å². The molecule has 1 atom stereocenters. The molecule has 1 N–H and O–H groups in total. The van der Waals surface area contributed by atoms with Crippen molar-refractivity contribution < 1.29 is 0 Å². The van der Waals surface area contributed by atoms with Gasteiger partial charge in [0.2, 0.25) is 0 Å². The number of rotatable bonds is 8. The molecule has 0 spiro atoms. The average Bonchev–Trinajstić information content (AvgIpc) is 2.32. The lowest BCUT2D eigenvalue weighted by Gasteiger charge is -2.16. The Kier molecular flexibility index (Phi) is 7.54. The van der Waals surface area contributed by atoms with Crippen LogP contribution in [0.15, 0.2) is 28.7 Å². The van der Waals surface area contributed by atoms with Crippen molar-refractivity contribution in [2.75, 3.05) is 6.54 Å². The van der Waals surface area contributed by atoms with E-state index < -0.39 is 0 Å². The number of hydrogen-bond acceptors (Lipinski definition) is 1. The number of halogens is 1. The minimum Gasteiger partial charge on any atom is -0.314 e. The van der Waals surface area contributed by atoms with Crippen LogP contribution in [-0.4, -0.2) is 12.6 Å². The number of hydrogen-bond donors (Lipinski definition) is 1. The Balaban J connectivity index is 2.27. The van der Waals surface area contributed by atoms with Crippen LogP contribution in [0.25, 0.3) is 0 Å². The van der Waals surface area contributed by atoms with Crippen molar-refractivity contribution in [3.8, 4) is 0 Å². The van der Waals surface area contributed by atoms with Gasteiger partial charge < -0.3 is 5.32 Å². The van der Waals surface area contributed by atoms with E-state index in [0.717, 1.165) is 11.0 Å². The van der Waals surface area contributed by atoms with Crippen molar-refractivity contribution in [1.82, 2.24) is 5.32 Å². The second-order valence-corrected chi connectivity index (χ2v) is 5.48. The number of benzene rings is 1. The highest BCUT2D eigenvalue weighted by molar-refractivity contribution is 9.10. The van der Waals surface area contributed by atoms with E-state index in [-0.39, 0.29) is 0 Å². The molecule has 0 aliphatic carbocycles. The van der Waals surface area contributed by atoms with E-state index in [1.165, 1.54) is 37.7 Å². The molecule has 0 saturated carbocycles. The Bertz CT molecular complexity index is 288. The molecule has 0 radical (unpaired) electrons. The van der Waals surface area contributed by atoms with Gasteiger partial charge in [-0.05, 0) is 49.9 Å². The van der Waals surface area contributed by atoms with Crippen LogP contribution in [0.3, 0.4) is 0 Å². The molecule has 1 aromatic carbocycles. The first-order chi connectivity index (χ1) is 8.26. The smallest absolute Gasteiger partial charge is 0.0175 e. The molecule has 0 aliphatic heterocycles. The summed E-state index contributed by atoms with van der Waals surface area (Å²) in [6.07, 6.45) is 6.33. The molecule has 0 heterocycles. The van der Waals surface area contributed by atoms with Gasteiger partial charge in [-0.2, -0.15) is 0 Å². The summed E-state index contributed by atoms with van der Waals surface area (Å²) < 4.78 is 1.16. The van der Waals surface area contributed by atoms with E-state index >= 15 is 0 Å². The van der Waals surface area contributed by atoms with E-state index in [1.54, 1.807) is 0 Å². The monoisotopic (exact) mass is 297 g/mol. The quantitative estimate of drug-likeness (QED) is 0.742. The molecule has 0 aliphatic rings. The zero-order chi connectivity index (χ0) is 12.5. The molecule has 2 heteroatoms. The molecule has 17 heavy (non-hydrogen) atoms. The van der Waals surface area contributed by atoms with Crippen molar-refractivity contribution in [2.45, 2.75) is 52.0 Å². The lowest BCUT2D eigenvalue weighted by atomic mass is 10.0. The molecule has 96 valence electrons. The molecule has 0 saturated heterocycles. The van der Waals surface area contributed by atoms with E-state index in [0.29, 0.717) is 6.04 Å². The first-order valence-electron chi connectivity index (χ1n) is 6.74. The van der Waals surface area contributed by atoms with Crippen LogP contribution < -0.4 is 5.32 Å². The van der Waals surface area contributed by atoms with Crippen LogP contribution in [0, 0.1) is 0 Å². The molecule has 0 amide bonds. The summed E-state index contributed by atoms with van der Waals surface area (Å²) in [6, 6.07) is 9.39. The fourth-order valence-corrected chi connectivity index (χ4v) is 2.45. The maximum Gasteiger partial charge on any atom is 0.0175 e. The summed E-state index contributed by atoms with van der Waals surface area (Å²) in [5.74, 6) is 0. The predicted molar refractivity (Wildman–Crippen MR) is 79.5 cm³/mol. The SMILES string of the molecule is CCCC(CCCc1ccc(Br)cc1)NCC. The van der Waals surface area contributed by atoms with Crippen LogP contribution in [0.1, 0.15) is 45.1 Å². The highest BCUT2D eigenvalue weighted by Crippen LogP contribution is 2.13. The van der Waals surface area contributed by atoms with Gasteiger partial charge in [-0.1, -0.05) is 48.3 Å². The maximum absolute atomic E-state index is 3.57. The maximum atomic E-state index is 3.57. The summed E-state index contributed by atoms with van der Waals surface area (Å²) in [5, 5.41) is 3.57. The van der Waals surface area contributed by atoms with Gasteiger partial charge in [0.25, 0.3) is 0 Å². The van der Waals surface area contributed by atoms with E-state index in [9.17, 15) is 0 Å². The standard InChI is InChI=1S/C15H24BrN/c1-3-6-15(17-4-2)8-5-7-13-9-11-14(16)12-10-13/h9-12,15,17H,3-8H2,1-2H3. The Hall–Kier alpha value is -0.340. The molecular weight excluding hydrogens is 274 g/mol. The molecule has 0 aromatic heterocycles. The third-order valence-electron chi connectivity index (χ3n) is 3.06. The summed E-state index contributed by atoms with van der Waals surface area (Å²) in [6.45, 7) is 5.54. The number of aryl methyl sites for hydroxylation is 1. The fourth-order valence-electron chi connectivity index (χ4n) is 2.19. The van der Waals surface area contributed by atoms with Crippen LogP contribution in [0.2, 0.25) is 0 Å². The molecular formula is C15H24BrN. The van der Waals surface area contributed by atoms with Crippen molar-refractivity contribution in [3.05, 3.63) is 34.3 Å². The Morgan fingerprint density at radius 1 is 1.12 bits per heavy atom. The molecule has 0 bridgehead atoms. The lowest BCUT2D eigenvalue weighted by molar-refractivity contribution is 0.447. The van der Waals surface area contributed by atoms with Gasteiger partial charge in [0.15, 0.2) is 0 Å². The minimum absolute atomic E-state index is 0.709. The third kappa shape index (κ3) is 6.23. The van der Waals surface area contributed by atoms with Crippen molar-refractivity contribution >= 4 is 15.9 Å². The molecule has 0 fully saturated rings. The van der Waals surface area contributed by atoms with Gasteiger partial charge in [0, 0.05) is 10.5 Å². The Labute approximate surface area is 114 Å². The molecule has 1 nitrogen and oxygen atoms in total. The molecule has 1 rings (SSSR count). The van der Waals surface area contributed by atoms with Gasteiger partial charge in [0.1, 0.15) is 0 Å². The largest absolute Gasteiger partial charge is 0.314 e. The van der Waals surface area contributed by atoms with Gasteiger partial charge in [-0.15, -0.1) is 0 Å².